The highest BCUT2D eigenvalue weighted by Gasteiger charge is 2.50. The van der Waals surface area contributed by atoms with Crippen molar-refractivity contribution < 1.29 is 19.5 Å². The number of rotatable bonds is 9. The van der Waals surface area contributed by atoms with Crippen molar-refractivity contribution in [1.29, 1.82) is 0 Å². The smallest absolute Gasteiger partial charge is 0.246 e. The lowest BCUT2D eigenvalue weighted by atomic mass is 9.96. The minimum Gasteiger partial charge on any atom is -0.508 e. The summed E-state index contributed by atoms with van der Waals surface area (Å²) in [5.41, 5.74) is 4.20. The molecule has 10 nitrogen and oxygen atoms in total. The zero-order valence-corrected chi connectivity index (χ0v) is 28.8. The van der Waals surface area contributed by atoms with E-state index in [4.69, 9.17) is 0 Å². The summed E-state index contributed by atoms with van der Waals surface area (Å²) in [5, 5.41) is 17.0. The van der Waals surface area contributed by atoms with E-state index < -0.39 is 12.2 Å². The van der Waals surface area contributed by atoms with Crippen molar-refractivity contribution in [3.8, 4) is 5.75 Å². The maximum atomic E-state index is 14.0. The van der Waals surface area contributed by atoms with Crippen molar-refractivity contribution in [2.75, 3.05) is 39.1 Å². The minimum atomic E-state index is -0.770. The van der Waals surface area contributed by atoms with E-state index in [2.05, 4.69) is 51.5 Å². The van der Waals surface area contributed by atoms with Gasteiger partial charge in [-0.2, -0.15) is 0 Å². The molecule has 11 heteroatoms. The summed E-state index contributed by atoms with van der Waals surface area (Å²) < 4.78 is 0. The Balaban J connectivity index is 0.000000459. The summed E-state index contributed by atoms with van der Waals surface area (Å²) in [6.07, 6.45) is 0.399. The van der Waals surface area contributed by atoms with Gasteiger partial charge in [-0.25, -0.2) is 5.01 Å². The first kappa shape index (κ1) is 34.9. The number of carbonyl (C=O) groups excluding carboxylic acids is 3. The Morgan fingerprint density at radius 3 is 2.30 bits per heavy atom. The van der Waals surface area contributed by atoms with Gasteiger partial charge in [0.1, 0.15) is 18.0 Å². The average molecular weight is 647 g/mol. The van der Waals surface area contributed by atoms with Crippen LogP contribution in [0, 0.1) is 0 Å². The third kappa shape index (κ3) is 7.86. The van der Waals surface area contributed by atoms with Crippen molar-refractivity contribution in [2.24, 2.45) is 0 Å². The van der Waals surface area contributed by atoms with Gasteiger partial charge in [-0.05, 0) is 68.0 Å². The van der Waals surface area contributed by atoms with Gasteiger partial charge in [-0.3, -0.25) is 19.4 Å². The number of aromatic hydroxyl groups is 1. The third-order valence-electron chi connectivity index (χ3n) is 8.79. The van der Waals surface area contributed by atoms with Crippen LogP contribution < -0.4 is 15.5 Å². The number of nitrogens with zero attached hydrogens (tertiary/aromatic N) is 5. The molecule has 3 amide bonds. The number of phenols is 1. The molecular weight excluding hydrogens is 599 g/mol. The van der Waals surface area contributed by atoms with Gasteiger partial charge in [0.15, 0.2) is 0 Å². The Bertz CT molecular complexity index is 1490. The molecule has 0 radical (unpaired) electrons. The lowest BCUT2D eigenvalue weighted by Crippen LogP contribution is -2.74. The van der Waals surface area contributed by atoms with Gasteiger partial charge >= 0.3 is 0 Å². The molecular formula is C35H47N6O4P. The number of anilines is 1. The predicted octanol–water partition coefficient (Wildman–Crippen LogP) is 3.13. The minimum absolute atomic E-state index is 0.0185. The number of hydrogen-bond acceptors (Lipinski definition) is 7. The maximum Gasteiger partial charge on any atom is 0.246 e. The van der Waals surface area contributed by atoms with E-state index in [1.54, 1.807) is 46.1 Å². The second-order valence-electron chi connectivity index (χ2n) is 12.2. The molecule has 3 aromatic carbocycles. The van der Waals surface area contributed by atoms with Gasteiger partial charge < -0.3 is 25.1 Å². The fourth-order valence-electron chi connectivity index (χ4n) is 5.93. The number of piperazine rings is 1. The highest BCUT2D eigenvalue weighted by atomic mass is 31.0. The summed E-state index contributed by atoms with van der Waals surface area (Å²) in [6, 6.07) is 22.4. The topological polar surface area (TPSA) is 99.7 Å². The van der Waals surface area contributed by atoms with Crippen LogP contribution in [0.3, 0.4) is 0 Å². The molecule has 0 spiro atoms. The van der Waals surface area contributed by atoms with E-state index in [1.165, 1.54) is 10.6 Å². The van der Waals surface area contributed by atoms with Crippen molar-refractivity contribution in [3.05, 3.63) is 89.5 Å². The number of benzene rings is 3. The van der Waals surface area contributed by atoms with Gasteiger partial charge in [0.2, 0.25) is 18.2 Å². The van der Waals surface area contributed by atoms with Gasteiger partial charge in [0.25, 0.3) is 0 Å². The molecule has 3 aromatic rings. The number of fused-ring (bicyclic) bond motifs is 1. The van der Waals surface area contributed by atoms with E-state index in [9.17, 15) is 19.5 Å². The molecule has 0 saturated carbocycles. The molecule has 0 aromatic heterocycles. The molecule has 3 unspecified atom stereocenters. The fourth-order valence-corrected chi connectivity index (χ4v) is 6.32. The van der Waals surface area contributed by atoms with Crippen LogP contribution >= 0.6 is 9.24 Å². The molecule has 2 aliphatic rings. The highest BCUT2D eigenvalue weighted by Crippen LogP contribution is 2.33. The summed E-state index contributed by atoms with van der Waals surface area (Å²) in [4.78, 5) is 44.9. The normalized spacial score (nSPS) is 19.0. The van der Waals surface area contributed by atoms with Crippen LogP contribution in [0.4, 0.5) is 5.69 Å². The molecule has 2 saturated heterocycles. The standard InChI is InChI=1S/C27H36N5O4P.C8H11N/c1-17(2)29(5)22-13-20(8-11-24(22)37)18(3)30-14-25-31(16-33)28(4)15-26(35)32(25)23(27(30)36)12-19-6-9-21(34)10-7-19;1-9-7-8-5-3-2-4-6-8/h6-11,13,16-18,23,25,34H,12,14-15,37H2,1-5H3;2-6,9H,7H2,1H3/t18?,23-,25?;/m0./s1. The Morgan fingerprint density at radius 2 is 1.70 bits per heavy atom. The fraction of sp³-hybridized carbons (Fsp3) is 0.400. The molecule has 2 heterocycles. The van der Waals surface area contributed by atoms with Gasteiger partial charge in [0, 0.05) is 38.8 Å². The van der Waals surface area contributed by atoms with Crippen LogP contribution in [0.2, 0.25) is 0 Å². The lowest BCUT2D eigenvalue weighted by Gasteiger charge is -2.54. The van der Waals surface area contributed by atoms with Gasteiger partial charge in [-0.15, -0.1) is 9.24 Å². The van der Waals surface area contributed by atoms with E-state index in [0.717, 1.165) is 35.1 Å². The second-order valence-corrected chi connectivity index (χ2v) is 12.8. The van der Waals surface area contributed by atoms with E-state index in [0.29, 0.717) is 6.04 Å². The van der Waals surface area contributed by atoms with Crippen LogP contribution in [-0.2, 0) is 27.3 Å². The van der Waals surface area contributed by atoms with E-state index >= 15 is 0 Å². The number of hydrogen-bond donors (Lipinski definition) is 2. The SMILES string of the molecule is CC(c1ccc(P)c(N(C)C(C)C)c1)N1CC2N(C(=O)CN(C)N2C=O)[C@@H](Cc2ccc(O)cc2)C1=O.CNCc1ccccc1. The Labute approximate surface area is 275 Å². The quantitative estimate of drug-likeness (QED) is 0.272. The molecule has 2 aliphatic heterocycles. The van der Waals surface area contributed by atoms with Crippen molar-refractivity contribution in [2.45, 2.75) is 58.0 Å². The van der Waals surface area contributed by atoms with E-state index in [1.807, 2.05) is 51.4 Å². The Morgan fingerprint density at radius 1 is 1.02 bits per heavy atom. The molecule has 246 valence electrons. The first-order chi connectivity index (χ1) is 22.0. The number of likely N-dealkylation sites (N-methyl/N-ethyl adjacent to an activating group) is 1. The summed E-state index contributed by atoms with van der Waals surface area (Å²) in [6.45, 7) is 7.43. The summed E-state index contributed by atoms with van der Waals surface area (Å²) >= 11 is 0. The van der Waals surface area contributed by atoms with Crippen LogP contribution in [0.1, 0.15) is 43.5 Å². The maximum absolute atomic E-state index is 14.0. The Kier molecular flexibility index (Phi) is 11.8. The zero-order valence-electron chi connectivity index (χ0n) is 27.6. The van der Waals surface area contributed by atoms with Crippen LogP contribution in [-0.4, -0.2) is 95.6 Å². The highest BCUT2D eigenvalue weighted by molar-refractivity contribution is 7.28. The monoisotopic (exact) mass is 646 g/mol. The first-order valence-corrected chi connectivity index (χ1v) is 16.2. The largest absolute Gasteiger partial charge is 0.508 e. The number of hydrazine groups is 1. The lowest BCUT2D eigenvalue weighted by molar-refractivity contribution is -0.198. The van der Waals surface area contributed by atoms with Crippen LogP contribution in [0.15, 0.2) is 72.8 Å². The third-order valence-corrected chi connectivity index (χ3v) is 9.28. The number of carbonyl (C=O) groups is 3. The molecule has 46 heavy (non-hydrogen) atoms. The molecule has 0 aliphatic carbocycles. The molecule has 5 rings (SSSR count). The molecule has 2 fully saturated rings. The number of phenolic OH excluding ortho intramolecular Hbond substituents is 1. The average Bonchev–Trinajstić information content (AvgIpc) is 3.04. The van der Waals surface area contributed by atoms with Crippen molar-refractivity contribution in [1.82, 2.24) is 25.1 Å². The van der Waals surface area contributed by atoms with Gasteiger partial charge in [0.05, 0.1) is 19.1 Å². The van der Waals surface area contributed by atoms with Crippen LogP contribution in [0.5, 0.6) is 5.75 Å². The number of amides is 3. The summed E-state index contributed by atoms with van der Waals surface area (Å²) in [7, 11) is 8.48. The second kappa shape index (κ2) is 15.5. The summed E-state index contributed by atoms with van der Waals surface area (Å²) in [5.74, 6) is -0.216. The zero-order chi connectivity index (χ0) is 33.5. The van der Waals surface area contributed by atoms with Gasteiger partial charge in [-0.1, -0.05) is 54.6 Å². The van der Waals surface area contributed by atoms with Crippen LogP contribution in [0.25, 0.3) is 0 Å². The van der Waals surface area contributed by atoms with Crippen molar-refractivity contribution in [3.63, 3.8) is 0 Å². The first-order valence-electron chi connectivity index (χ1n) is 15.6. The molecule has 2 N–H and O–H groups in total. The molecule has 0 bridgehead atoms. The Hall–Kier alpha value is -3.98. The predicted molar refractivity (Wildman–Crippen MR) is 185 cm³/mol. The molecule has 4 atom stereocenters. The van der Waals surface area contributed by atoms with Crippen molar-refractivity contribution >= 4 is 38.5 Å². The van der Waals surface area contributed by atoms with E-state index in [-0.39, 0.29) is 43.1 Å². The number of nitrogens with one attached hydrogen (secondary N) is 1.